The third-order valence-electron chi connectivity index (χ3n) is 4.70. The van der Waals surface area contributed by atoms with Gasteiger partial charge in [-0.1, -0.05) is 18.2 Å². The Morgan fingerprint density at radius 1 is 1.07 bits per heavy atom. The first-order valence-corrected chi connectivity index (χ1v) is 10.7. The maximum atomic E-state index is 13.0. The van der Waals surface area contributed by atoms with Gasteiger partial charge in [-0.3, -0.25) is 15.0 Å². The number of carbonyl (C=O) groups excluding carboxylic acids is 2. The predicted molar refractivity (Wildman–Crippen MR) is 107 cm³/mol. The van der Waals surface area contributed by atoms with Crippen LogP contribution in [0.1, 0.15) is 45.7 Å². The number of nitrogens with zero attached hydrogens (tertiary/aromatic N) is 1. The number of fused-ring (bicyclic) bond motifs is 1. The lowest BCUT2D eigenvalue weighted by molar-refractivity contribution is -0.144. The fourth-order valence-corrected chi connectivity index (χ4v) is 4.79. The zero-order valence-electron chi connectivity index (χ0n) is 16.8. The second-order valence-corrected chi connectivity index (χ2v) is 9.60. The molecule has 2 aromatic rings. The summed E-state index contributed by atoms with van der Waals surface area (Å²) in [6.07, 6.45) is 0.384. The van der Waals surface area contributed by atoms with E-state index in [0.717, 1.165) is 0 Å². The number of amides is 2. The molecule has 8 heteroatoms. The van der Waals surface area contributed by atoms with Gasteiger partial charge in [-0.2, -0.15) is 0 Å². The van der Waals surface area contributed by atoms with Crippen molar-refractivity contribution in [3.63, 3.8) is 0 Å². The SMILES string of the molecule is CC(=O)NN(C(C)=O)C1CC(C)(C)Oc2ccc(S(=O)(=O)c3ccccc3)cc21. The molecular formula is C21H24N2O5S. The fraction of sp³-hybridized carbons (Fsp3) is 0.333. The van der Waals surface area contributed by atoms with E-state index < -0.39 is 21.5 Å². The summed E-state index contributed by atoms with van der Waals surface area (Å²) in [7, 11) is -3.74. The number of ether oxygens (including phenoxy) is 1. The number of hydrazine groups is 1. The van der Waals surface area contributed by atoms with Crippen LogP contribution in [0.3, 0.4) is 0 Å². The van der Waals surface area contributed by atoms with Gasteiger partial charge in [0.25, 0.3) is 0 Å². The molecule has 2 amide bonds. The van der Waals surface area contributed by atoms with Gasteiger partial charge in [0.1, 0.15) is 11.4 Å². The zero-order chi connectivity index (χ0) is 21.4. The van der Waals surface area contributed by atoms with E-state index in [-0.39, 0.29) is 21.6 Å². The molecule has 0 saturated carbocycles. The van der Waals surface area contributed by atoms with Crippen LogP contribution in [0.25, 0.3) is 0 Å². The number of nitrogens with one attached hydrogen (secondary N) is 1. The van der Waals surface area contributed by atoms with Crippen LogP contribution < -0.4 is 10.2 Å². The Morgan fingerprint density at radius 3 is 2.31 bits per heavy atom. The Morgan fingerprint density at radius 2 is 1.72 bits per heavy atom. The zero-order valence-corrected chi connectivity index (χ0v) is 17.6. The monoisotopic (exact) mass is 416 g/mol. The molecule has 7 nitrogen and oxygen atoms in total. The van der Waals surface area contributed by atoms with E-state index in [2.05, 4.69) is 5.43 Å². The number of carbonyl (C=O) groups is 2. The van der Waals surface area contributed by atoms with Crippen molar-refractivity contribution in [2.45, 2.75) is 55.5 Å². The number of rotatable bonds is 3. The summed E-state index contributed by atoms with van der Waals surface area (Å²) >= 11 is 0. The van der Waals surface area contributed by atoms with E-state index in [1.165, 1.54) is 43.1 Å². The van der Waals surface area contributed by atoms with Gasteiger partial charge in [0.15, 0.2) is 0 Å². The maximum Gasteiger partial charge on any atom is 0.238 e. The average molecular weight is 416 g/mol. The highest BCUT2D eigenvalue weighted by Crippen LogP contribution is 2.43. The molecule has 1 N–H and O–H groups in total. The number of hydrogen-bond donors (Lipinski definition) is 1. The van der Waals surface area contributed by atoms with E-state index in [4.69, 9.17) is 4.74 Å². The molecule has 0 radical (unpaired) electrons. The van der Waals surface area contributed by atoms with Crippen LogP contribution in [-0.4, -0.2) is 30.8 Å². The van der Waals surface area contributed by atoms with Gasteiger partial charge in [-0.05, 0) is 44.2 Å². The largest absolute Gasteiger partial charge is 0.487 e. The van der Waals surface area contributed by atoms with Crippen molar-refractivity contribution in [3.05, 3.63) is 54.1 Å². The molecule has 1 aliphatic rings. The predicted octanol–water partition coefficient (Wildman–Crippen LogP) is 3.02. The minimum Gasteiger partial charge on any atom is -0.487 e. The van der Waals surface area contributed by atoms with Gasteiger partial charge < -0.3 is 4.74 Å². The number of sulfone groups is 1. The minimum absolute atomic E-state index is 0.0992. The summed E-state index contributed by atoms with van der Waals surface area (Å²) < 4.78 is 32.1. The second-order valence-electron chi connectivity index (χ2n) is 7.65. The van der Waals surface area contributed by atoms with Gasteiger partial charge in [0.2, 0.25) is 21.7 Å². The summed E-state index contributed by atoms with van der Waals surface area (Å²) in [5, 5.41) is 1.24. The second kappa shape index (κ2) is 7.51. The summed E-state index contributed by atoms with van der Waals surface area (Å²) in [5.74, 6) is -0.265. The van der Waals surface area contributed by atoms with Crippen molar-refractivity contribution in [2.24, 2.45) is 0 Å². The van der Waals surface area contributed by atoms with Crippen LogP contribution in [0.5, 0.6) is 5.75 Å². The molecule has 1 atom stereocenters. The van der Waals surface area contributed by atoms with Crippen molar-refractivity contribution < 1.29 is 22.7 Å². The molecule has 29 heavy (non-hydrogen) atoms. The molecule has 0 fully saturated rings. The number of hydrogen-bond acceptors (Lipinski definition) is 5. The van der Waals surface area contributed by atoms with Crippen LogP contribution in [0.4, 0.5) is 0 Å². The van der Waals surface area contributed by atoms with Crippen molar-refractivity contribution in [1.82, 2.24) is 10.4 Å². The van der Waals surface area contributed by atoms with Crippen LogP contribution in [0, 0.1) is 0 Å². The van der Waals surface area contributed by atoms with Crippen LogP contribution in [0.15, 0.2) is 58.3 Å². The molecule has 1 unspecified atom stereocenters. The van der Waals surface area contributed by atoms with Gasteiger partial charge in [-0.15, -0.1) is 0 Å². The standard InChI is InChI=1S/C21H24N2O5S/c1-14(24)22-23(15(2)25)19-13-21(3,4)28-20-11-10-17(12-18(19)20)29(26,27)16-8-6-5-7-9-16/h5-12,19H,13H2,1-4H3,(H,22,24). The highest BCUT2D eigenvalue weighted by Gasteiger charge is 2.39. The summed E-state index contributed by atoms with van der Waals surface area (Å²) in [6.45, 7) is 6.42. The molecule has 0 aromatic heterocycles. The Balaban J connectivity index is 2.13. The van der Waals surface area contributed by atoms with Crippen LogP contribution in [-0.2, 0) is 19.4 Å². The molecule has 2 aromatic carbocycles. The molecule has 154 valence electrons. The van der Waals surface area contributed by atoms with Crippen molar-refractivity contribution in [1.29, 1.82) is 0 Å². The highest BCUT2D eigenvalue weighted by atomic mass is 32.2. The van der Waals surface area contributed by atoms with Gasteiger partial charge in [0, 0.05) is 25.8 Å². The van der Waals surface area contributed by atoms with Gasteiger partial charge in [-0.25, -0.2) is 13.4 Å². The first-order chi connectivity index (χ1) is 13.5. The third kappa shape index (κ3) is 4.27. The van der Waals surface area contributed by atoms with E-state index in [1.807, 2.05) is 13.8 Å². The first-order valence-electron chi connectivity index (χ1n) is 9.21. The average Bonchev–Trinajstić information content (AvgIpc) is 2.64. The Hall–Kier alpha value is -2.87. The van der Waals surface area contributed by atoms with Crippen molar-refractivity contribution >= 4 is 21.7 Å². The van der Waals surface area contributed by atoms with E-state index >= 15 is 0 Å². The number of benzene rings is 2. The quantitative estimate of drug-likeness (QED) is 0.777. The maximum absolute atomic E-state index is 13.0. The Kier molecular flexibility index (Phi) is 5.40. The lowest BCUT2D eigenvalue weighted by atomic mass is 9.89. The van der Waals surface area contributed by atoms with Crippen LogP contribution in [0.2, 0.25) is 0 Å². The summed E-state index contributed by atoms with van der Waals surface area (Å²) in [5.41, 5.74) is 2.48. The summed E-state index contributed by atoms with van der Waals surface area (Å²) in [4.78, 5) is 24.2. The molecule has 1 aliphatic heterocycles. The smallest absolute Gasteiger partial charge is 0.238 e. The van der Waals surface area contributed by atoms with Crippen molar-refractivity contribution in [3.8, 4) is 5.75 Å². The molecule has 0 bridgehead atoms. The molecule has 0 saturated heterocycles. The fourth-order valence-electron chi connectivity index (χ4n) is 3.47. The topological polar surface area (TPSA) is 92.8 Å². The van der Waals surface area contributed by atoms with E-state index in [9.17, 15) is 18.0 Å². The molecule has 0 aliphatic carbocycles. The lowest BCUT2D eigenvalue weighted by Gasteiger charge is -2.42. The normalized spacial score (nSPS) is 17.6. The molecule has 3 rings (SSSR count). The van der Waals surface area contributed by atoms with Crippen molar-refractivity contribution in [2.75, 3.05) is 0 Å². The highest BCUT2D eigenvalue weighted by molar-refractivity contribution is 7.91. The Bertz CT molecular complexity index is 1050. The van der Waals surface area contributed by atoms with Gasteiger partial charge in [0.05, 0.1) is 15.8 Å². The Labute approximate surface area is 170 Å². The summed E-state index contributed by atoms with van der Waals surface area (Å²) in [6, 6.07) is 12.2. The van der Waals surface area contributed by atoms with Gasteiger partial charge >= 0.3 is 0 Å². The van der Waals surface area contributed by atoms with Crippen LogP contribution >= 0.6 is 0 Å². The molecule has 0 spiro atoms. The van der Waals surface area contributed by atoms with E-state index in [1.54, 1.807) is 24.3 Å². The first kappa shape index (κ1) is 20.9. The molecule has 1 heterocycles. The van der Waals surface area contributed by atoms with E-state index in [0.29, 0.717) is 17.7 Å². The third-order valence-corrected chi connectivity index (χ3v) is 6.47. The minimum atomic E-state index is -3.74. The lowest BCUT2D eigenvalue weighted by Crippen LogP contribution is -2.50. The molecular weight excluding hydrogens is 392 g/mol.